The van der Waals surface area contributed by atoms with E-state index in [1.165, 1.54) is 30.2 Å². The molecule has 0 saturated heterocycles. The van der Waals surface area contributed by atoms with Gasteiger partial charge in [0.05, 0.1) is 17.1 Å². The molecular formula is C21H16Cl2FN3O2. The molecule has 0 unspecified atom stereocenters. The normalized spacial score (nSPS) is 10.5. The molecule has 148 valence electrons. The number of anilines is 3. The molecule has 1 aromatic heterocycles. The average molecular weight is 432 g/mol. The molecule has 3 rings (SSSR count). The number of pyridine rings is 1. The van der Waals surface area contributed by atoms with Crippen LogP contribution in [0.1, 0.15) is 12.5 Å². The summed E-state index contributed by atoms with van der Waals surface area (Å²) in [4.78, 5) is 30.2. The first kappa shape index (κ1) is 20.8. The highest BCUT2D eigenvalue weighted by Gasteiger charge is 2.17. The number of halogens is 3. The minimum atomic E-state index is -0.582. The molecule has 0 radical (unpaired) electrons. The van der Waals surface area contributed by atoms with Crippen LogP contribution in [-0.4, -0.2) is 16.8 Å². The minimum absolute atomic E-state index is 0.0817. The Morgan fingerprint density at radius 3 is 2.59 bits per heavy atom. The number of hydrogen-bond acceptors (Lipinski definition) is 3. The van der Waals surface area contributed by atoms with Crippen molar-refractivity contribution in [3.05, 3.63) is 82.2 Å². The van der Waals surface area contributed by atoms with E-state index in [2.05, 4.69) is 10.3 Å². The van der Waals surface area contributed by atoms with Gasteiger partial charge in [-0.2, -0.15) is 0 Å². The van der Waals surface area contributed by atoms with Crippen LogP contribution in [0.3, 0.4) is 0 Å². The first-order chi connectivity index (χ1) is 13.8. The molecule has 0 bridgehead atoms. The molecule has 29 heavy (non-hydrogen) atoms. The number of nitrogens with zero attached hydrogens (tertiary/aromatic N) is 2. The van der Waals surface area contributed by atoms with Crippen molar-refractivity contribution in [1.82, 2.24) is 4.98 Å². The lowest BCUT2D eigenvalue weighted by molar-refractivity contribution is -0.116. The van der Waals surface area contributed by atoms with E-state index in [1.807, 2.05) is 0 Å². The number of aromatic nitrogens is 1. The third-order valence-corrected chi connectivity index (χ3v) is 4.68. The Kier molecular flexibility index (Phi) is 6.46. The van der Waals surface area contributed by atoms with E-state index in [0.29, 0.717) is 27.8 Å². The Balaban J connectivity index is 1.82. The van der Waals surface area contributed by atoms with Crippen molar-refractivity contribution in [1.29, 1.82) is 0 Å². The summed E-state index contributed by atoms with van der Waals surface area (Å²) < 4.78 is 13.5. The fraction of sp³-hybridized carbons (Fsp3) is 0.0952. The summed E-state index contributed by atoms with van der Waals surface area (Å²) in [6.07, 6.45) is 1.37. The standard InChI is InChI=1S/C21H16Cl2FN3O2/c1-13(28)27(17-6-3-5-15(22)11-17)19-12-16(8-9-25-19)26-20(29)10-14-4-2-7-18(24)21(14)23/h2-9,11-12H,10H2,1H3,(H,25,26,29). The maximum absolute atomic E-state index is 13.5. The molecule has 1 N–H and O–H groups in total. The number of nitrogens with one attached hydrogen (secondary N) is 1. The molecule has 0 atom stereocenters. The Labute approximate surface area is 177 Å². The van der Waals surface area contributed by atoms with Crippen molar-refractivity contribution in [2.24, 2.45) is 0 Å². The Morgan fingerprint density at radius 1 is 1.10 bits per heavy atom. The summed E-state index contributed by atoms with van der Waals surface area (Å²) >= 11 is 11.9. The van der Waals surface area contributed by atoms with Crippen LogP contribution in [0.15, 0.2) is 60.8 Å². The Hall–Kier alpha value is -2.96. The molecule has 0 saturated carbocycles. The van der Waals surface area contributed by atoms with Crippen molar-refractivity contribution in [3.63, 3.8) is 0 Å². The van der Waals surface area contributed by atoms with Crippen molar-refractivity contribution < 1.29 is 14.0 Å². The van der Waals surface area contributed by atoms with E-state index in [0.717, 1.165) is 0 Å². The summed E-state index contributed by atoms with van der Waals surface area (Å²) in [6, 6.07) is 14.2. The van der Waals surface area contributed by atoms with E-state index in [4.69, 9.17) is 23.2 Å². The summed E-state index contributed by atoms with van der Waals surface area (Å²) in [6.45, 7) is 1.40. The lowest BCUT2D eigenvalue weighted by atomic mass is 10.1. The van der Waals surface area contributed by atoms with Crippen LogP contribution >= 0.6 is 23.2 Å². The summed E-state index contributed by atoms with van der Waals surface area (Å²) in [7, 11) is 0. The van der Waals surface area contributed by atoms with Gasteiger partial charge in [0.1, 0.15) is 11.6 Å². The molecule has 5 nitrogen and oxygen atoms in total. The summed E-state index contributed by atoms with van der Waals surface area (Å²) in [5.74, 6) is -0.912. The van der Waals surface area contributed by atoms with Crippen LogP contribution in [0.25, 0.3) is 0 Å². The van der Waals surface area contributed by atoms with Crippen LogP contribution in [0, 0.1) is 5.82 Å². The minimum Gasteiger partial charge on any atom is -0.326 e. The third-order valence-electron chi connectivity index (χ3n) is 4.02. The molecule has 3 aromatic rings. The van der Waals surface area contributed by atoms with Gasteiger partial charge >= 0.3 is 0 Å². The number of benzene rings is 2. The molecule has 8 heteroatoms. The van der Waals surface area contributed by atoms with E-state index < -0.39 is 5.82 Å². The van der Waals surface area contributed by atoms with Gasteiger partial charge in [0, 0.05) is 29.9 Å². The van der Waals surface area contributed by atoms with E-state index >= 15 is 0 Å². The monoisotopic (exact) mass is 431 g/mol. The molecule has 2 aromatic carbocycles. The fourth-order valence-electron chi connectivity index (χ4n) is 2.77. The van der Waals surface area contributed by atoms with Gasteiger partial charge < -0.3 is 5.32 Å². The van der Waals surface area contributed by atoms with E-state index in [-0.39, 0.29) is 23.3 Å². The first-order valence-electron chi connectivity index (χ1n) is 8.60. The number of carbonyl (C=O) groups is 2. The van der Waals surface area contributed by atoms with Crippen molar-refractivity contribution in [3.8, 4) is 0 Å². The highest BCUT2D eigenvalue weighted by atomic mass is 35.5. The molecule has 0 aliphatic carbocycles. The van der Waals surface area contributed by atoms with Gasteiger partial charge in [-0.1, -0.05) is 41.4 Å². The number of carbonyl (C=O) groups excluding carboxylic acids is 2. The zero-order valence-electron chi connectivity index (χ0n) is 15.3. The predicted molar refractivity (Wildman–Crippen MR) is 112 cm³/mol. The summed E-state index contributed by atoms with van der Waals surface area (Å²) in [5.41, 5.74) is 1.36. The molecular weight excluding hydrogens is 416 g/mol. The maximum atomic E-state index is 13.5. The van der Waals surface area contributed by atoms with Gasteiger partial charge in [0.25, 0.3) is 0 Å². The van der Waals surface area contributed by atoms with E-state index in [9.17, 15) is 14.0 Å². The SMILES string of the molecule is CC(=O)N(c1cccc(Cl)c1)c1cc(NC(=O)Cc2cccc(F)c2Cl)ccn1. The molecule has 0 spiro atoms. The van der Waals surface area contributed by atoms with E-state index in [1.54, 1.807) is 42.5 Å². The number of hydrogen-bond donors (Lipinski definition) is 1. The smallest absolute Gasteiger partial charge is 0.229 e. The van der Waals surface area contributed by atoms with Gasteiger partial charge in [-0.05, 0) is 35.9 Å². The van der Waals surface area contributed by atoms with Crippen LogP contribution < -0.4 is 10.2 Å². The lowest BCUT2D eigenvalue weighted by Gasteiger charge is -2.21. The van der Waals surface area contributed by atoms with Crippen molar-refractivity contribution >= 4 is 52.2 Å². The fourth-order valence-corrected chi connectivity index (χ4v) is 3.15. The average Bonchev–Trinajstić information content (AvgIpc) is 2.66. The largest absolute Gasteiger partial charge is 0.326 e. The molecule has 2 amide bonds. The van der Waals surface area contributed by atoms with Crippen molar-refractivity contribution in [2.45, 2.75) is 13.3 Å². The van der Waals surface area contributed by atoms with Gasteiger partial charge in [-0.3, -0.25) is 14.5 Å². The van der Waals surface area contributed by atoms with Gasteiger partial charge in [0.15, 0.2) is 0 Å². The second kappa shape index (κ2) is 9.03. The highest BCUT2D eigenvalue weighted by Crippen LogP contribution is 2.28. The lowest BCUT2D eigenvalue weighted by Crippen LogP contribution is -2.24. The first-order valence-corrected chi connectivity index (χ1v) is 9.36. The molecule has 0 fully saturated rings. The third kappa shape index (κ3) is 5.10. The molecule has 0 aliphatic rings. The Morgan fingerprint density at radius 2 is 1.86 bits per heavy atom. The van der Waals surface area contributed by atoms with Crippen LogP contribution in [0.4, 0.5) is 21.6 Å². The molecule has 0 aliphatic heterocycles. The van der Waals surface area contributed by atoms with Crippen molar-refractivity contribution in [2.75, 3.05) is 10.2 Å². The second-order valence-corrected chi connectivity index (χ2v) is 6.99. The topological polar surface area (TPSA) is 62.3 Å². The molecule has 1 heterocycles. The van der Waals surface area contributed by atoms with Crippen LogP contribution in [-0.2, 0) is 16.0 Å². The van der Waals surface area contributed by atoms with Crippen LogP contribution in [0.5, 0.6) is 0 Å². The zero-order chi connectivity index (χ0) is 21.0. The number of rotatable bonds is 5. The second-order valence-electron chi connectivity index (χ2n) is 6.17. The Bertz CT molecular complexity index is 1080. The summed E-state index contributed by atoms with van der Waals surface area (Å²) in [5, 5.41) is 3.11. The van der Waals surface area contributed by atoms with Gasteiger partial charge in [-0.25, -0.2) is 9.37 Å². The quantitative estimate of drug-likeness (QED) is 0.588. The zero-order valence-corrected chi connectivity index (χ0v) is 16.8. The maximum Gasteiger partial charge on any atom is 0.229 e. The van der Waals surface area contributed by atoms with Gasteiger partial charge in [0.2, 0.25) is 11.8 Å². The highest BCUT2D eigenvalue weighted by molar-refractivity contribution is 6.31. The van der Waals surface area contributed by atoms with Crippen LogP contribution in [0.2, 0.25) is 10.0 Å². The van der Waals surface area contributed by atoms with Gasteiger partial charge in [-0.15, -0.1) is 0 Å². The predicted octanol–water partition coefficient (Wildman–Crippen LogP) is 5.39. The number of amides is 2.